The van der Waals surface area contributed by atoms with E-state index in [0.29, 0.717) is 49.8 Å². The number of anilines is 1. The van der Waals surface area contributed by atoms with Crippen LogP contribution < -0.4 is 4.90 Å². The van der Waals surface area contributed by atoms with Crippen LogP contribution in [0.3, 0.4) is 0 Å². The van der Waals surface area contributed by atoms with Gasteiger partial charge in [0.15, 0.2) is 5.82 Å². The molecule has 9 heteroatoms. The van der Waals surface area contributed by atoms with Gasteiger partial charge in [0, 0.05) is 38.3 Å². The first kappa shape index (κ1) is 21.0. The highest BCUT2D eigenvalue weighted by atomic mass is 19.1. The van der Waals surface area contributed by atoms with Gasteiger partial charge in [0.1, 0.15) is 17.7 Å². The molecular weight excluding hydrogens is 414 g/mol. The number of piperazine rings is 1. The highest BCUT2D eigenvalue weighted by Crippen LogP contribution is 2.31. The maximum atomic E-state index is 14.9. The van der Waals surface area contributed by atoms with Crippen molar-refractivity contribution in [3.05, 3.63) is 71.6 Å². The van der Waals surface area contributed by atoms with Crippen molar-refractivity contribution >= 4 is 5.69 Å². The molecule has 0 saturated carbocycles. The fourth-order valence-electron chi connectivity index (χ4n) is 4.64. The van der Waals surface area contributed by atoms with Crippen molar-refractivity contribution in [1.82, 2.24) is 25.1 Å². The number of hydrogen-bond acceptors (Lipinski definition) is 6. The van der Waals surface area contributed by atoms with Gasteiger partial charge in [-0.3, -0.25) is 4.90 Å². The number of ether oxygens (including phenoxy) is 1. The molecule has 7 nitrogen and oxygen atoms in total. The lowest BCUT2D eigenvalue weighted by Crippen LogP contribution is -2.48. The van der Waals surface area contributed by atoms with E-state index in [1.54, 1.807) is 28.9 Å². The van der Waals surface area contributed by atoms with E-state index >= 15 is 0 Å². The van der Waals surface area contributed by atoms with Crippen LogP contribution in [0, 0.1) is 11.6 Å². The zero-order valence-corrected chi connectivity index (χ0v) is 17.8. The molecule has 0 N–H and O–H groups in total. The quantitative estimate of drug-likeness (QED) is 0.587. The van der Waals surface area contributed by atoms with Crippen molar-refractivity contribution in [1.29, 1.82) is 0 Å². The number of nitrogens with zero attached hydrogens (tertiary/aromatic N) is 6. The average Bonchev–Trinajstić information content (AvgIpc) is 3.49. The van der Waals surface area contributed by atoms with Gasteiger partial charge in [-0.05, 0) is 41.5 Å². The molecule has 0 spiro atoms. The number of tetrazole rings is 1. The second-order valence-electron chi connectivity index (χ2n) is 8.25. The molecule has 2 aromatic carbocycles. The number of aromatic nitrogens is 4. The van der Waals surface area contributed by atoms with Gasteiger partial charge < -0.3 is 9.64 Å². The van der Waals surface area contributed by atoms with Crippen LogP contribution in [0.4, 0.5) is 14.5 Å². The molecule has 0 aliphatic carbocycles. The standard InChI is InChI=1S/C23H26F2N6O/c24-19-8-2-1-7-18(19)22(23-26-27-28-31(23)16-17-6-5-15-32-17)30-13-11-29(12-14-30)21-10-4-3-9-20(21)25/h1-4,7-10,17,22H,5-6,11-16H2. The molecule has 0 amide bonds. The minimum Gasteiger partial charge on any atom is -0.376 e. The predicted octanol–water partition coefficient (Wildman–Crippen LogP) is 3.04. The van der Waals surface area contributed by atoms with Gasteiger partial charge in [0.25, 0.3) is 0 Å². The van der Waals surface area contributed by atoms with E-state index in [4.69, 9.17) is 4.74 Å². The molecule has 0 radical (unpaired) electrons. The molecule has 1 aromatic heterocycles. The summed E-state index contributed by atoms with van der Waals surface area (Å²) in [5.74, 6) is 0.0813. The topological polar surface area (TPSA) is 59.3 Å². The maximum Gasteiger partial charge on any atom is 0.173 e. The Kier molecular flexibility index (Phi) is 6.09. The monoisotopic (exact) mass is 440 g/mol. The highest BCUT2D eigenvalue weighted by molar-refractivity contribution is 5.48. The summed E-state index contributed by atoms with van der Waals surface area (Å²) in [4.78, 5) is 4.20. The van der Waals surface area contributed by atoms with Crippen molar-refractivity contribution in [3.8, 4) is 0 Å². The van der Waals surface area contributed by atoms with Crippen LogP contribution in [0.15, 0.2) is 48.5 Å². The number of rotatable bonds is 6. The van der Waals surface area contributed by atoms with Gasteiger partial charge in [0.05, 0.1) is 18.3 Å². The first-order chi connectivity index (χ1) is 15.7. The molecule has 168 valence electrons. The molecular formula is C23H26F2N6O. The third kappa shape index (κ3) is 4.22. The minimum atomic E-state index is -0.435. The molecule has 32 heavy (non-hydrogen) atoms. The smallest absolute Gasteiger partial charge is 0.173 e. The Morgan fingerprint density at radius 2 is 1.72 bits per heavy atom. The fraction of sp³-hybridized carbons (Fsp3) is 0.435. The second-order valence-corrected chi connectivity index (χ2v) is 8.25. The number of hydrogen-bond donors (Lipinski definition) is 0. The summed E-state index contributed by atoms with van der Waals surface area (Å²) in [6.07, 6.45) is 2.05. The predicted molar refractivity (Wildman–Crippen MR) is 115 cm³/mol. The van der Waals surface area contributed by atoms with Crippen LogP contribution >= 0.6 is 0 Å². The van der Waals surface area contributed by atoms with Crippen molar-refractivity contribution < 1.29 is 13.5 Å². The van der Waals surface area contributed by atoms with E-state index in [0.717, 1.165) is 19.4 Å². The molecule has 2 unspecified atom stereocenters. The summed E-state index contributed by atoms with van der Waals surface area (Å²) in [5.41, 5.74) is 1.13. The van der Waals surface area contributed by atoms with Crippen LogP contribution in [0.2, 0.25) is 0 Å². The molecule has 2 saturated heterocycles. The highest BCUT2D eigenvalue weighted by Gasteiger charge is 2.33. The third-order valence-electron chi connectivity index (χ3n) is 6.28. The summed E-state index contributed by atoms with van der Waals surface area (Å²) in [6, 6.07) is 13.1. The molecule has 2 atom stereocenters. The summed E-state index contributed by atoms with van der Waals surface area (Å²) in [5, 5.41) is 12.4. The van der Waals surface area contributed by atoms with E-state index in [9.17, 15) is 8.78 Å². The van der Waals surface area contributed by atoms with E-state index in [1.807, 2.05) is 17.0 Å². The van der Waals surface area contributed by atoms with Gasteiger partial charge in [-0.2, -0.15) is 0 Å². The third-order valence-corrected chi connectivity index (χ3v) is 6.28. The van der Waals surface area contributed by atoms with Crippen LogP contribution in [-0.2, 0) is 11.3 Å². The van der Waals surface area contributed by atoms with E-state index in [-0.39, 0.29) is 17.7 Å². The molecule has 5 rings (SSSR count). The Balaban J connectivity index is 1.42. The summed E-state index contributed by atoms with van der Waals surface area (Å²) >= 11 is 0. The van der Waals surface area contributed by atoms with Crippen molar-refractivity contribution in [2.75, 3.05) is 37.7 Å². The Labute approximate surface area is 185 Å². The van der Waals surface area contributed by atoms with E-state index in [2.05, 4.69) is 20.4 Å². The van der Waals surface area contributed by atoms with E-state index in [1.165, 1.54) is 12.1 Å². The lowest BCUT2D eigenvalue weighted by Gasteiger charge is -2.40. The largest absolute Gasteiger partial charge is 0.376 e. The summed E-state index contributed by atoms with van der Waals surface area (Å²) in [7, 11) is 0. The van der Waals surface area contributed by atoms with Gasteiger partial charge in [-0.1, -0.05) is 30.3 Å². The Morgan fingerprint density at radius 1 is 0.969 bits per heavy atom. The van der Waals surface area contributed by atoms with Crippen molar-refractivity contribution in [2.24, 2.45) is 0 Å². The number of para-hydroxylation sites is 1. The molecule has 2 aliphatic heterocycles. The van der Waals surface area contributed by atoms with Gasteiger partial charge in [-0.25, -0.2) is 13.5 Å². The van der Waals surface area contributed by atoms with Crippen molar-refractivity contribution in [3.63, 3.8) is 0 Å². The number of halogens is 2. The first-order valence-corrected chi connectivity index (χ1v) is 11.1. The molecule has 2 fully saturated rings. The zero-order chi connectivity index (χ0) is 21.9. The minimum absolute atomic E-state index is 0.0661. The molecule has 3 heterocycles. The van der Waals surface area contributed by atoms with E-state index < -0.39 is 6.04 Å². The van der Waals surface area contributed by atoms with Crippen LogP contribution in [0.25, 0.3) is 0 Å². The van der Waals surface area contributed by atoms with Crippen LogP contribution in [0.5, 0.6) is 0 Å². The normalized spacial score (nSPS) is 20.6. The Hall–Kier alpha value is -2.91. The summed E-state index contributed by atoms with van der Waals surface area (Å²) < 4.78 is 36.7. The molecule has 2 aliphatic rings. The Morgan fingerprint density at radius 3 is 2.44 bits per heavy atom. The van der Waals surface area contributed by atoms with Gasteiger partial charge in [0.2, 0.25) is 0 Å². The van der Waals surface area contributed by atoms with Gasteiger partial charge in [-0.15, -0.1) is 5.10 Å². The van der Waals surface area contributed by atoms with Crippen LogP contribution in [0.1, 0.15) is 30.3 Å². The molecule has 0 bridgehead atoms. The van der Waals surface area contributed by atoms with Crippen molar-refractivity contribution in [2.45, 2.75) is 31.5 Å². The molecule has 3 aromatic rings. The lowest BCUT2D eigenvalue weighted by molar-refractivity contribution is 0.0906. The Bertz CT molecular complexity index is 1050. The van der Waals surface area contributed by atoms with Crippen LogP contribution in [-0.4, -0.2) is 64.0 Å². The zero-order valence-electron chi connectivity index (χ0n) is 17.8. The lowest BCUT2D eigenvalue weighted by atomic mass is 10.0. The summed E-state index contributed by atoms with van der Waals surface area (Å²) in [6.45, 7) is 3.79. The maximum absolute atomic E-state index is 14.9. The SMILES string of the molecule is Fc1ccccc1C(c1nnnn1CC1CCCO1)N1CCN(c2ccccc2F)CC1. The first-order valence-electron chi connectivity index (χ1n) is 11.1. The average molecular weight is 440 g/mol. The fourth-order valence-corrected chi connectivity index (χ4v) is 4.64. The van der Waals surface area contributed by atoms with Gasteiger partial charge >= 0.3 is 0 Å². The number of benzene rings is 2. The second kappa shape index (κ2) is 9.30.